The van der Waals surface area contributed by atoms with Gasteiger partial charge in [-0.25, -0.2) is 0 Å². The first-order chi connectivity index (χ1) is 12.7. The van der Waals surface area contributed by atoms with Crippen LogP contribution in [0.3, 0.4) is 0 Å². The summed E-state index contributed by atoms with van der Waals surface area (Å²) in [4.78, 5) is 25.8. The number of thiophene rings is 1. The van der Waals surface area contributed by atoms with Gasteiger partial charge in [0.05, 0.1) is 0 Å². The van der Waals surface area contributed by atoms with Gasteiger partial charge in [-0.1, -0.05) is 12.1 Å². The lowest BCUT2D eigenvalue weighted by Crippen LogP contribution is -2.41. The number of hydrogen-bond acceptors (Lipinski definition) is 4. The molecule has 1 aromatic heterocycles. The Morgan fingerprint density at radius 2 is 2.04 bits per heavy atom. The van der Waals surface area contributed by atoms with Crippen LogP contribution in [0.5, 0.6) is 0 Å². The van der Waals surface area contributed by atoms with E-state index in [4.69, 9.17) is 5.73 Å². The zero-order chi connectivity index (χ0) is 18.4. The van der Waals surface area contributed by atoms with Crippen LogP contribution in [0.1, 0.15) is 40.9 Å². The van der Waals surface area contributed by atoms with Gasteiger partial charge in [0.15, 0.2) is 0 Å². The largest absolute Gasteiger partial charge is 0.348 e. The first-order valence-corrected chi connectivity index (χ1v) is 9.97. The van der Waals surface area contributed by atoms with Gasteiger partial charge in [-0.3, -0.25) is 9.59 Å². The minimum absolute atomic E-state index is 0. The van der Waals surface area contributed by atoms with Crippen molar-refractivity contribution in [2.45, 2.75) is 38.1 Å². The second-order valence-corrected chi connectivity index (χ2v) is 7.75. The number of aryl methyl sites for hydroxylation is 1. The molecule has 3 rings (SSSR count). The Bertz CT molecular complexity index is 747. The van der Waals surface area contributed by atoms with Gasteiger partial charge >= 0.3 is 0 Å². The van der Waals surface area contributed by atoms with Crippen molar-refractivity contribution in [3.05, 3.63) is 52.2 Å². The molecule has 1 atom stereocenters. The van der Waals surface area contributed by atoms with Crippen LogP contribution in [0.15, 0.2) is 41.8 Å². The van der Waals surface area contributed by atoms with Crippen molar-refractivity contribution in [2.24, 2.45) is 11.7 Å². The van der Waals surface area contributed by atoms with E-state index in [9.17, 15) is 9.59 Å². The van der Waals surface area contributed by atoms with Crippen molar-refractivity contribution in [3.8, 4) is 0 Å². The summed E-state index contributed by atoms with van der Waals surface area (Å²) >= 11 is 1.71. The molecular weight excluding hydrogens is 382 g/mol. The Kier molecular flexibility index (Phi) is 8.28. The highest BCUT2D eigenvalue weighted by Gasteiger charge is 2.31. The Balaban J connectivity index is 0.00000261. The standard InChI is InChI=1S/C20H25N3O2S.ClH/c21-13-18(14-9-10-14)23-20(25)15-4-1-5-16(12-15)22-19(24)8-2-6-17-7-3-11-26-17;/h1,3-5,7,11-12,14,18H,2,6,8-10,13,21H2,(H,22,24)(H,23,25);1H. The van der Waals surface area contributed by atoms with E-state index < -0.39 is 0 Å². The number of halogens is 1. The van der Waals surface area contributed by atoms with Crippen molar-refractivity contribution in [1.29, 1.82) is 0 Å². The molecule has 1 aliphatic rings. The van der Waals surface area contributed by atoms with Gasteiger partial charge in [-0.05, 0) is 61.2 Å². The molecule has 1 fully saturated rings. The van der Waals surface area contributed by atoms with Crippen LogP contribution in [0.25, 0.3) is 0 Å². The maximum Gasteiger partial charge on any atom is 0.251 e. The normalized spacial score (nSPS) is 14.1. The number of nitrogens with one attached hydrogen (secondary N) is 2. The molecule has 2 amide bonds. The number of anilines is 1. The zero-order valence-corrected chi connectivity index (χ0v) is 16.8. The molecule has 1 unspecified atom stereocenters. The van der Waals surface area contributed by atoms with Crippen LogP contribution in [0.2, 0.25) is 0 Å². The Morgan fingerprint density at radius 1 is 1.22 bits per heavy atom. The third kappa shape index (κ3) is 6.65. The SMILES string of the molecule is Cl.NCC(NC(=O)c1cccc(NC(=O)CCCc2cccs2)c1)C1CC1. The summed E-state index contributed by atoms with van der Waals surface area (Å²) in [6, 6.07) is 11.2. The molecule has 5 nitrogen and oxygen atoms in total. The maximum absolute atomic E-state index is 12.4. The van der Waals surface area contributed by atoms with Gasteiger partial charge in [0.1, 0.15) is 0 Å². The summed E-state index contributed by atoms with van der Waals surface area (Å²) in [6.45, 7) is 0.455. The second-order valence-electron chi connectivity index (χ2n) is 6.71. The Hall–Kier alpha value is -1.89. The quantitative estimate of drug-likeness (QED) is 0.593. The number of nitrogens with two attached hydrogens (primary N) is 1. The maximum atomic E-state index is 12.4. The van der Waals surface area contributed by atoms with Crippen LogP contribution < -0.4 is 16.4 Å². The highest BCUT2D eigenvalue weighted by molar-refractivity contribution is 7.09. The molecule has 0 bridgehead atoms. The predicted molar refractivity (Wildman–Crippen MR) is 113 cm³/mol. The van der Waals surface area contributed by atoms with Crippen LogP contribution in [0, 0.1) is 5.92 Å². The molecule has 1 aromatic carbocycles. The lowest BCUT2D eigenvalue weighted by molar-refractivity contribution is -0.116. The molecule has 4 N–H and O–H groups in total. The van der Waals surface area contributed by atoms with E-state index in [0.717, 1.165) is 25.7 Å². The molecule has 0 saturated heterocycles. The number of rotatable bonds is 9. The summed E-state index contributed by atoms with van der Waals surface area (Å²) in [5.41, 5.74) is 6.94. The molecule has 146 valence electrons. The number of amides is 2. The molecule has 0 spiro atoms. The summed E-state index contributed by atoms with van der Waals surface area (Å²) in [6.07, 6.45) is 4.44. The first-order valence-electron chi connectivity index (χ1n) is 9.09. The fourth-order valence-electron chi connectivity index (χ4n) is 2.96. The van der Waals surface area contributed by atoms with E-state index in [1.54, 1.807) is 35.6 Å². The molecule has 0 radical (unpaired) electrons. The molecule has 1 saturated carbocycles. The lowest BCUT2D eigenvalue weighted by atomic mass is 10.1. The average Bonchev–Trinajstić information content (AvgIpc) is 3.35. The van der Waals surface area contributed by atoms with Crippen LogP contribution in [-0.4, -0.2) is 24.4 Å². The van der Waals surface area contributed by atoms with Crippen molar-refractivity contribution in [2.75, 3.05) is 11.9 Å². The van der Waals surface area contributed by atoms with Crippen molar-refractivity contribution in [3.63, 3.8) is 0 Å². The molecule has 2 aromatic rings. The van der Waals surface area contributed by atoms with E-state index >= 15 is 0 Å². The van der Waals surface area contributed by atoms with Gasteiger partial charge in [0, 0.05) is 35.1 Å². The van der Waals surface area contributed by atoms with E-state index in [0.29, 0.717) is 30.1 Å². The molecular formula is C20H26ClN3O2S. The van der Waals surface area contributed by atoms with E-state index in [-0.39, 0.29) is 30.3 Å². The zero-order valence-electron chi connectivity index (χ0n) is 15.1. The average molecular weight is 408 g/mol. The first kappa shape index (κ1) is 21.4. The van der Waals surface area contributed by atoms with Crippen LogP contribution in [-0.2, 0) is 11.2 Å². The second kappa shape index (κ2) is 10.4. The smallest absolute Gasteiger partial charge is 0.251 e. The fraction of sp³-hybridized carbons (Fsp3) is 0.400. The lowest BCUT2D eigenvalue weighted by Gasteiger charge is -2.16. The summed E-state index contributed by atoms with van der Waals surface area (Å²) in [5, 5.41) is 7.93. The topological polar surface area (TPSA) is 84.2 Å². The van der Waals surface area contributed by atoms with Gasteiger partial charge in [0.25, 0.3) is 5.91 Å². The Labute approximate surface area is 170 Å². The molecule has 0 aliphatic heterocycles. The molecule has 7 heteroatoms. The summed E-state index contributed by atoms with van der Waals surface area (Å²) < 4.78 is 0. The van der Waals surface area contributed by atoms with Gasteiger partial charge < -0.3 is 16.4 Å². The fourth-order valence-corrected chi connectivity index (χ4v) is 3.71. The Morgan fingerprint density at radius 3 is 2.70 bits per heavy atom. The third-order valence-corrected chi connectivity index (χ3v) is 5.51. The molecule has 1 heterocycles. The van der Waals surface area contributed by atoms with E-state index in [1.807, 2.05) is 11.4 Å². The van der Waals surface area contributed by atoms with E-state index in [1.165, 1.54) is 4.88 Å². The highest BCUT2D eigenvalue weighted by Crippen LogP contribution is 2.32. The van der Waals surface area contributed by atoms with Crippen molar-refractivity contribution >= 4 is 41.2 Å². The van der Waals surface area contributed by atoms with Gasteiger partial charge in [-0.15, -0.1) is 23.7 Å². The van der Waals surface area contributed by atoms with Crippen LogP contribution in [0.4, 0.5) is 5.69 Å². The monoisotopic (exact) mass is 407 g/mol. The minimum Gasteiger partial charge on any atom is -0.348 e. The molecule has 1 aliphatic carbocycles. The molecule has 27 heavy (non-hydrogen) atoms. The number of benzene rings is 1. The van der Waals surface area contributed by atoms with Crippen molar-refractivity contribution in [1.82, 2.24) is 5.32 Å². The summed E-state index contributed by atoms with van der Waals surface area (Å²) in [7, 11) is 0. The number of carbonyl (C=O) groups is 2. The minimum atomic E-state index is -0.138. The van der Waals surface area contributed by atoms with Crippen molar-refractivity contribution < 1.29 is 9.59 Å². The third-order valence-electron chi connectivity index (χ3n) is 4.58. The predicted octanol–water partition coefficient (Wildman–Crippen LogP) is 3.60. The van der Waals surface area contributed by atoms with Crippen LogP contribution >= 0.6 is 23.7 Å². The number of carbonyl (C=O) groups excluding carboxylic acids is 2. The summed E-state index contributed by atoms with van der Waals surface area (Å²) in [5.74, 6) is 0.341. The van der Waals surface area contributed by atoms with E-state index in [2.05, 4.69) is 16.7 Å². The number of hydrogen-bond donors (Lipinski definition) is 3. The van der Waals surface area contributed by atoms with Gasteiger partial charge in [-0.2, -0.15) is 0 Å². The highest BCUT2D eigenvalue weighted by atomic mass is 35.5. The van der Waals surface area contributed by atoms with Gasteiger partial charge in [0.2, 0.25) is 5.91 Å².